The van der Waals surface area contributed by atoms with Crippen LogP contribution < -0.4 is 11.1 Å². The van der Waals surface area contributed by atoms with Gasteiger partial charge in [0.1, 0.15) is 4.87 Å². The van der Waals surface area contributed by atoms with Crippen LogP contribution >= 0.6 is 36.6 Å². The summed E-state index contributed by atoms with van der Waals surface area (Å²) < 4.78 is 0. The summed E-state index contributed by atoms with van der Waals surface area (Å²) in [5, 5.41) is 3.20. The molecule has 1 heterocycles. The topological polar surface area (TPSA) is 38.0 Å². The quantitative estimate of drug-likeness (QED) is 0.754. The van der Waals surface area contributed by atoms with Gasteiger partial charge in [-0.25, -0.2) is 0 Å². The summed E-state index contributed by atoms with van der Waals surface area (Å²) in [5.74, 6) is 0. The van der Waals surface area contributed by atoms with Crippen LogP contribution in [0.3, 0.4) is 0 Å². The van der Waals surface area contributed by atoms with Crippen molar-refractivity contribution in [2.24, 2.45) is 5.73 Å². The number of hydrogen-bond donors (Lipinski definition) is 2. The van der Waals surface area contributed by atoms with Crippen LogP contribution in [0.4, 0.5) is 0 Å². The number of allylic oxidation sites excluding steroid dienone is 2. The fourth-order valence-corrected chi connectivity index (χ4v) is 1.41. The van der Waals surface area contributed by atoms with Gasteiger partial charge < -0.3 is 11.1 Å². The molecular weight excluding hydrogens is 215 g/mol. The normalized spacial score (nSPS) is 25.2. The first-order chi connectivity index (χ1) is 4.83. The highest BCUT2D eigenvalue weighted by molar-refractivity contribution is 8.00. The molecule has 0 saturated carbocycles. The van der Waals surface area contributed by atoms with Crippen LogP contribution in [0.15, 0.2) is 24.4 Å². The maximum Gasteiger partial charge on any atom is 0.114 e. The Balaban J connectivity index is 0. The first-order valence-electron chi connectivity index (χ1n) is 3.20. The van der Waals surface area contributed by atoms with Crippen molar-refractivity contribution in [3.63, 3.8) is 0 Å². The van der Waals surface area contributed by atoms with E-state index in [9.17, 15) is 0 Å². The van der Waals surface area contributed by atoms with E-state index >= 15 is 0 Å². The second kappa shape index (κ2) is 6.66. The third kappa shape index (κ3) is 3.27. The van der Waals surface area contributed by atoms with E-state index in [1.54, 1.807) is 11.8 Å². The van der Waals surface area contributed by atoms with Crippen LogP contribution in [0, 0.1) is 0 Å². The van der Waals surface area contributed by atoms with Gasteiger partial charge in [0.15, 0.2) is 0 Å². The van der Waals surface area contributed by atoms with Gasteiger partial charge in [-0.2, -0.15) is 0 Å². The predicted octanol–water partition coefficient (Wildman–Crippen LogP) is 1.52. The zero-order valence-corrected chi connectivity index (χ0v) is 9.27. The zero-order chi connectivity index (χ0) is 7.45. The molecule has 1 aliphatic heterocycles. The van der Waals surface area contributed by atoms with Gasteiger partial charge in [-0.15, -0.1) is 36.6 Å². The summed E-state index contributed by atoms with van der Waals surface area (Å²) in [6.45, 7) is 0.620. The minimum Gasteiger partial charge on any atom is -0.372 e. The summed E-state index contributed by atoms with van der Waals surface area (Å²) in [6.07, 6.45) is 10.0. The molecule has 0 aromatic carbocycles. The minimum absolute atomic E-state index is 0. The van der Waals surface area contributed by atoms with Crippen molar-refractivity contribution in [2.75, 3.05) is 12.8 Å². The lowest BCUT2D eigenvalue weighted by Crippen LogP contribution is -2.44. The Bertz CT molecular complexity index is 167. The largest absolute Gasteiger partial charge is 0.372 e. The van der Waals surface area contributed by atoms with Crippen LogP contribution in [0.25, 0.3) is 0 Å². The predicted molar refractivity (Wildman–Crippen MR) is 61.2 cm³/mol. The molecule has 0 fully saturated rings. The number of hydrogen-bond acceptors (Lipinski definition) is 3. The van der Waals surface area contributed by atoms with Gasteiger partial charge in [-0.3, -0.25) is 0 Å². The highest BCUT2D eigenvalue weighted by Crippen LogP contribution is 2.21. The number of nitrogens with one attached hydrogen (secondary N) is 1. The Morgan fingerprint density at radius 3 is 2.33 bits per heavy atom. The van der Waals surface area contributed by atoms with Gasteiger partial charge in [0, 0.05) is 6.54 Å². The molecule has 0 aromatic heterocycles. The molecule has 0 aliphatic carbocycles. The molecule has 1 unspecified atom stereocenters. The highest BCUT2D eigenvalue weighted by Gasteiger charge is 2.22. The second-order valence-corrected chi connectivity index (χ2v) is 3.30. The number of dihydropyridines is 1. The molecule has 5 heteroatoms. The van der Waals surface area contributed by atoms with E-state index in [1.165, 1.54) is 0 Å². The summed E-state index contributed by atoms with van der Waals surface area (Å²) in [4.78, 5) is -0.0608. The Kier molecular flexibility index (Phi) is 8.15. The average Bonchev–Trinajstić information content (AvgIpc) is 2.06. The van der Waals surface area contributed by atoms with E-state index in [-0.39, 0.29) is 29.7 Å². The van der Waals surface area contributed by atoms with Crippen LogP contribution in [0.5, 0.6) is 0 Å². The molecule has 1 rings (SSSR count). The fraction of sp³-hybridized carbons (Fsp3) is 0.429. The third-order valence-corrected chi connectivity index (χ3v) is 2.72. The zero-order valence-electron chi connectivity index (χ0n) is 6.82. The molecular formula is C7H14Cl2N2S. The summed E-state index contributed by atoms with van der Waals surface area (Å²) in [5.41, 5.74) is 5.58. The van der Waals surface area contributed by atoms with Gasteiger partial charge in [-0.1, -0.05) is 6.08 Å². The van der Waals surface area contributed by atoms with E-state index < -0.39 is 0 Å². The molecule has 72 valence electrons. The first-order valence-corrected chi connectivity index (χ1v) is 4.43. The number of halogens is 2. The van der Waals surface area contributed by atoms with Crippen molar-refractivity contribution in [2.45, 2.75) is 4.87 Å². The number of nitrogens with two attached hydrogens (primary N) is 1. The molecule has 0 bridgehead atoms. The van der Waals surface area contributed by atoms with Crippen molar-refractivity contribution in [3.05, 3.63) is 24.4 Å². The molecule has 0 spiro atoms. The van der Waals surface area contributed by atoms with Gasteiger partial charge in [0.2, 0.25) is 0 Å². The molecule has 0 saturated heterocycles. The third-order valence-electron chi connectivity index (χ3n) is 1.57. The van der Waals surface area contributed by atoms with Crippen molar-refractivity contribution in [1.29, 1.82) is 0 Å². The van der Waals surface area contributed by atoms with Crippen LogP contribution in [-0.4, -0.2) is 17.7 Å². The second-order valence-electron chi connectivity index (χ2n) is 2.16. The Labute approximate surface area is 89.9 Å². The molecule has 1 aliphatic rings. The maximum atomic E-state index is 5.58. The smallest absolute Gasteiger partial charge is 0.114 e. The first kappa shape index (κ1) is 14.7. The summed E-state index contributed by atoms with van der Waals surface area (Å²) in [6, 6.07) is 0. The number of thioether (sulfide) groups is 1. The fourth-order valence-electron chi connectivity index (χ4n) is 0.841. The molecule has 0 aromatic rings. The van der Waals surface area contributed by atoms with Crippen molar-refractivity contribution >= 4 is 36.6 Å². The van der Waals surface area contributed by atoms with E-state index in [0.29, 0.717) is 6.54 Å². The van der Waals surface area contributed by atoms with E-state index in [4.69, 9.17) is 5.73 Å². The van der Waals surface area contributed by atoms with Crippen LogP contribution in [0.1, 0.15) is 0 Å². The van der Waals surface area contributed by atoms with Gasteiger partial charge in [0.05, 0.1) is 0 Å². The standard InChI is InChI=1S/C7H12N2S.2ClH/c1-10-7(6-8)4-2-3-5-9-7;;/h2-5,9H,6,8H2,1H3;2*1H. The lowest BCUT2D eigenvalue weighted by Gasteiger charge is -2.29. The van der Waals surface area contributed by atoms with Gasteiger partial charge >= 0.3 is 0 Å². The Hall–Kier alpha value is 0.170. The summed E-state index contributed by atoms with van der Waals surface area (Å²) in [7, 11) is 0. The average molecular weight is 229 g/mol. The van der Waals surface area contributed by atoms with Crippen molar-refractivity contribution in [3.8, 4) is 0 Å². The maximum absolute atomic E-state index is 5.58. The monoisotopic (exact) mass is 228 g/mol. The van der Waals surface area contributed by atoms with E-state index in [2.05, 4.69) is 11.4 Å². The van der Waals surface area contributed by atoms with E-state index in [1.807, 2.05) is 24.6 Å². The van der Waals surface area contributed by atoms with Crippen LogP contribution in [-0.2, 0) is 0 Å². The molecule has 2 nitrogen and oxygen atoms in total. The summed E-state index contributed by atoms with van der Waals surface area (Å²) >= 11 is 1.72. The van der Waals surface area contributed by atoms with Gasteiger partial charge in [-0.05, 0) is 24.6 Å². The van der Waals surface area contributed by atoms with E-state index in [0.717, 1.165) is 0 Å². The molecule has 1 atom stereocenters. The minimum atomic E-state index is -0.0608. The SMILES string of the molecule is CSC1(CN)C=CC=CN1.Cl.Cl. The van der Waals surface area contributed by atoms with Crippen molar-refractivity contribution < 1.29 is 0 Å². The lowest BCUT2D eigenvalue weighted by atomic mass is 10.2. The number of rotatable bonds is 2. The highest BCUT2D eigenvalue weighted by atomic mass is 35.5. The molecule has 0 radical (unpaired) electrons. The molecule has 12 heavy (non-hydrogen) atoms. The Morgan fingerprint density at radius 2 is 2.08 bits per heavy atom. The Morgan fingerprint density at radius 1 is 1.42 bits per heavy atom. The van der Waals surface area contributed by atoms with Crippen molar-refractivity contribution in [1.82, 2.24) is 5.32 Å². The molecule has 3 N–H and O–H groups in total. The van der Waals surface area contributed by atoms with Gasteiger partial charge in [0.25, 0.3) is 0 Å². The van der Waals surface area contributed by atoms with Crippen LogP contribution in [0.2, 0.25) is 0 Å². The molecule has 0 amide bonds. The lowest BCUT2D eigenvalue weighted by molar-refractivity contribution is 0.647.